The van der Waals surface area contributed by atoms with E-state index in [4.69, 9.17) is 0 Å². The second-order valence-corrected chi connectivity index (χ2v) is 7.19. The molecule has 0 N–H and O–H groups in total. The first kappa shape index (κ1) is 17.4. The van der Waals surface area contributed by atoms with Crippen molar-refractivity contribution >= 4 is 22.9 Å². The molecule has 0 radical (unpaired) electrons. The summed E-state index contributed by atoms with van der Waals surface area (Å²) >= 11 is 1.60. The molecule has 136 valence electrons. The number of benzene rings is 1. The Labute approximate surface area is 159 Å². The summed E-state index contributed by atoms with van der Waals surface area (Å²) in [6, 6.07) is 11.8. The highest BCUT2D eigenvalue weighted by Crippen LogP contribution is 2.27. The number of aromatic nitrogens is 3. The molecule has 3 heterocycles. The molecule has 0 fully saturated rings. The first-order valence-corrected chi connectivity index (χ1v) is 9.33. The number of carbonyl (C=O) groups is 1. The normalized spacial score (nSPS) is 12.3. The predicted molar refractivity (Wildman–Crippen MR) is 103 cm³/mol. The second kappa shape index (κ2) is 6.92. The van der Waals surface area contributed by atoms with Crippen LogP contribution in [0.2, 0.25) is 0 Å². The molecular weight excluding hydrogens is 363 g/mol. The summed E-state index contributed by atoms with van der Waals surface area (Å²) in [5.41, 5.74) is 2.70. The minimum absolute atomic E-state index is 0.183. The van der Waals surface area contributed by atoms with Gasteiger partial charge in [-0.15, -0.1) is 11.3 Å². The predicted octanol–water partition coefficient (Wildman–Crippen LogP) is 4.43. The molecule has 3 aromatic heterocycles. The standard InChI is InChI=1S/C20H17FN4OS/c1-13(14-5-7-15(21)8-6-14)24(2)20(26)16-12-23-25-17(9-10-22-19(16)25)18-4-3-11-27-18/h3-13H,1-2H3/t13-/m1/s1. The largest absolute Gasteiger partial charge is 0.335 e. The highest BCUT2D eigenvalue weighted by atomic mass is 32.1. The number of nitrogens with zero attached hydrogens (tertiary/aromatic N) is 4. The van der Waals surface area contributed by atoms with Gasteiger partial charge in [-0.2, -0.15) is 5.10 Å². The van der Waals surface area contributed by atoms with Crippen LogP contribution in [0.3, 0.4) is 0 Å². The Balaban J connectivity index is 1.68. The zero-order chi connectivity index (χ0) is 19.0. The number of thiophene rings is 1. The number of hydrogen-bond donors (Lipinski definition) is 0. The van der Waals surface area contributed by atoms with E-state index in [1.165, 1.54) is 12.1 Å². The van der Waals surface area contributed by atoms with Gasteiger partial charge >= 0.3 is 0 Å². The SMILES string of the molecule is C[C@H](c1ccc(F)cc1)N(C)C(=O)c1cnn2c(-c3cccs3)ccnc12. The van der Waals surface area contributed by atoms with Gasteiger partial charge in [0, 0.05) is 13.2 Å². The number of carbonyl (C=O) groups excluding carboxylic acids is 1. The molecule has 27 heavy (non-hydrogen) atoms. The first-order chi connectivity index (χ1) is 13.1. The van der Waals surface area contributed by atoms with Crippen molar-refractivity contribution < 1.29 is 9.18 Å². The fourth-order valence-electron chi connectivity index (χ4n) is 2.98. The van der Waals surface area contributed by atoms with Gasteiger partial charge in [0.1, 0.15) is 11.4 Å². The monoisotopic (exact) mass is 380 g/mol. The van der Waals surface area contributed by atoms with Gasteiger partial charge in [0.25, 0.3) is 5.91 Å². The zero-order valence-corrected chi connectivity index (χ0v) is 15.7. The van der Waals surface area contributed by atoms with Crippen LogP contribution < -0.4 is 0 Å². The summed E-state index contributed by atoms with van der Waals surface area (Å²) in [4.78, 5) is 20.1. The Morgan fingerprint density at radius 3 is 2.70 bits per heavy atom. The van der Waals surface area contributed by atoms with E-state index in [0.717, 1.165) is 16.1 Å². The van der Waals surface area contributed by atoms with Crippen LogP contribution in [0.15, 0.2) is 60.2 Å². The third kappa shape index (κ3) is 3.10. The van der Waals surface area contributed by atoms with E-state index in [9.17, 15) is 9.18 Å². The summed E-state index contributed by atoms with van der Waals surface area (Å²) in [6.07, 6.45) is 3.24. The Kier molecular flexibility index (Phi) is 4.45. The van der Waals surface area contributed by atoms with Crippen molar-refractivity contribution in [2.45, 2.75) is 13.0 Å². The van der Waals surface area contributed by atoms with Gasteiger partial charge in [-0.05, 0) is 42.1 Å². The van der Waals surface area contributed by atoms with Crippen LogP contribution in [-0.2, 0) is 0 Å². The summed E-state index contributed by atoms with van der Waals surface area (Å²) in [5.74, 6) is -0.481. The van der Waals surface area contributed by atoms with Crippen LogP contribution in [0.1, 0.15) is 28.9 Å². The van der Waals surface area contributed by atoms with Gasteiger partial charge in [0.2, 0.25) is 0 Å². The van der Waals surface area contributed by atoms with Crippen molar-refractivity contribution in [1.29, 1.82) is 0 Å². The highest BCUT2D eigenvalue weighted by molar-refractivity contribution is 7.13. The van der Waals surface area contributed by atoms with Crippen molar-refractivity contribution in [2.75, 3.05) is 7.05 Å². The quantitative estimate of drug-likeness (QED) is 0.526. The van der Waals surface area contributed by atoms with Gasteiger partial charge in [0.15, 0.2) is 5.65 Å². The maximum absolute atomic E-state index is 13.2. The lowest BCUT2D eigenvalue weighted by molar-refractivity contribution is 0.0744. The zero-order valence-electron chi connectivity index (χ0n) is 14.8. The number of rotatable bonds is 4. The molecule has 0 aliphatic heterocycles. The van der Waals surface area contributed by atoms with Crippen LogP contribution in [-0.4, -0.2) is 32.5 Å². The van der Waals surface area contributed by atoms with Crippen LogP contribution in [0.25, 0.3) is 16.2 Å². The van der Waals surface area contributed by atoms with E-state index in [0.29, 0.717) is 11.2 Å². The van der Waals surface area contributed by atoms with Crippen LogP contribution in [0.5, 0.6) is 0 Å². The minimum atomic E-state index is -0.298. The van der Waals surface area contributed by atoms with E-state index < -0.39 is 0 Å². The summed E-state index contributed by atoms with van der Waals surface area (Å²) in [6.45, 7) is 1.90. The average molecular weight is 380 g/mol. The molecule has 0 saturated carbocycles. The number of hydrogen-bond acceptors (Lipinski definition) is 4. The molecular formula is C20H17FN4OS. The lowest BCUT2D eigenvalue weighted by Gasteiger charge is -2.25. The molecule has 0 bridgehead atoms. The fraction of sp³-hybridized carbons (Fsp3) is 0.150. The number of halogens is 1. The van der Waals surface area contributed by atoms with Crippen molar-refractivity contribution in [2.24, 2.45) is 0 Å². The Morgan fingerprint density at radius 2 is 2.00 bits per heavy atom. The summed E-state index contributed by atoms with van der Waals surface area (Å²) in [7, 11) is 1.73. The molecule has 1 aromatic carbocycles. The maximum atomic E-state index is 13.2. The van der Waals surface area contributed by atoms with Crippen molar-refractivity contribution in [3.05, 3.63) is 77.2 Å². The van der Waals surface area contributed by atoms with Gasteiger partial charge < -0.3 is 4.90 Å². The van der Waals surface area contributed by atoms with Crippen molar-refractivity contribution in [3.63, 3.8) is 0 Å². The van der Waals surface area contributed by atoms with Crippen LogP contribution in [0.4, 0.5) is 4.39 Å². The molecule has 0 aliphatic rings. The second-order valence-electron chi connectivity index (χ2n) is 6.24. The third-order valence-electron chi connectivity index (χ3n) is 4.66. The van der Waals surface area contributed by atoms with Crippen molar-refractivity contribution in [1.82, 2.24) is 19.5 Å². The van der Waals surface area contributed by atoms with Gasteiger partial charge in [-0.25, -0.2) is 13.9 Å². The summed E-state index contributed by atoms with van der Waals surface area (Å²) < 4.78 is 14.9. The maximum Gasteiger partial charge on any atom is 0.259 e. The van der Waals surface area contributed by atoms with Crippen LogP contribution in [0, 0.1) is 5.82 Å². The van der Waals surface area contributed by atoms with Crippen LogP contribution >= 0.6 is 11.3 Å². The molecule has 0 aliphatic carbocycles. The van der Waals surface area contributed by atoms with Gasteiger partial charge in [-0.1, -0.05) is 18.2 Å². The lowest BCUT2D eigenvalue weighted by Crippen LogP contribution is -2.29. The van der Waals surface area contributed by atoms with E-state index >= 15 is 0 Å². The van der Waals surface area contributed by atoms with E-state index in [-0.39, 0.29) is 17.8 Å². The number of fused-ring (bicyclic) bond motifs is 1. The molecule has 0 spiro atoms. The molecule has 1 atom stereocenters. The first-order valence-electron chi connectivity index (χ1n) is 8.45. The van der Waals surface area contributed by atoms with E-state index in [1.807, 2.05) is 30.5 Å². The molecule has 0 unspecified atom stereocenters. The Bertz CT molecular complexity index is 1090. The topological polar surface area (TPSA) is 50.5 Å². The fourth-order valence-corrected chi connectivity index (χ4v) is 3.72. The third-order valence-corrected chi connectivity index (χ3v) is 5.55. The molecule has 1 amide bonds. The molecule has 7 heteroatoms. The van der Waals surface area contributed by atoms with Gasteiger partial charge in [-0.3, -0.25) is 4.79 Å². The molecule has 4 rings (SSSR count). The smallest absolute Gasteiger partial charge is 0.259 e. The molecule has 5 nitrogen and oxygen atoms in total. The highest BCUT2D eigenvalue weighted by Gasteiger charge is 2.23. The molecule has 4 aromatic rings. The molecule has 0 saturated heterocycles. The average Bonchev–Trinajstić information content (AvgIpc) is 3.36. The minimum Gasteiger partial charge on any atom is -0.335 e. The van der Waals surface area contributed by atoms with Crippen molar-refractivity contribution in [3.8, 4) is 10.6 Å². The number of amides is 1. The summed E-state index contributed by atoms with van der Waals surface area (Å²) in [5, 5.41) is 6.38. The van der Waals surface area contributed by atoms with Gasteiger partial charge in [0.05, 0.1) is 22.8 Å². The van der Waals surface area contributed by atoms with E-state index in [1.54, 1.807) is 52.3 Å². The Hall–Kier alpha value is -3.06. The Morgan fingerprint density at radius 1 is 1.22 bits per heavy atom. The van der Waals surface area contributed by atoms with E-state index in [2.05, 4.69) is 10.1 Å². The lowest BCUT2D eigenvalue weighted by atomic mass is 10.1.